The van der Waals surface area contributed by atoms with Crippen molar-refractivity contribution < 1.29 is 14.6 Å². The Balaban J connectivity index is 1.69. The Kier molecular flexibility index (Phi) is 6.36. The average Bonchev–Trinajstić information content (AvgIpc) is 2.78. The van der Waals surface area contributed by atoms with Gasteiger partial charge in [-0.05, 0) is 68.3 Å². The Morgan fingerprint density at radius 2 is 2.20 bits per heavy atom. The van der Waals surface area contributed by atoms with Crippen LogP contribution in [0.1, 0.15) is 49.1 Å². The number of anilines is 1. The fourth-order valence-electron chi connectivity index (χ4n) is 4.29. The Morgan fingerprint density at radius 3 is 2.93 bits per heavy atom. The summed E-state index contributed by atoms with van der Waals surface area (Å²) >= 11 is 0. The van der Waals surface area contributed by atoms with Crippen LogP contribution in [0.15, 0.2) is 24.3 Å². The lowest BCUT2D eigenvalue weighted by Gasteiger charge is -2.25. The molecule has 0 spiro atoms. The number of aromatic hydroxyl groups is 1. The van der Waals surface area contributed by atoms with E-state index in [0.717, 1.165) is 57.4 Å². The summed E-state index contributed by atoms with van der Waals surface area (Å²) in [7, 11) is 0. The summed E-state index contributed by atoms with van der Waals surface area (Å²) in [5.41, 5.74) is 8.47. The van der Waals surface area contributed by atoms with E-state index >= 15 is 0 Å². The molecule has 0 radical (unpaired) electrons. The Morgan fingerprint density at radius 1 is 1.30 bits per heavy atom. The standard InChI is InChI=1S/C23H28N4O3/c24-12-18-17(15-5-4-9-26-13-15)11-19(27-23(18)25)22-20(28)7-3-8-21(22)30-14-16-6-1-2-10-29-16/h3,7-8,11,15-16,26,28H,1-2,4-6,9-10,13-14H2,(H2,25,27). The zero-order valence-corrected chi connectivity index (χ0v) is 17.1. The van der Waals surface area contributed by atoms with E-state index in [9.17, 15) is 10.4 Å². The number of nitrogen functional groups attached to an aromatic ring is 1. The zero-order chi connectivity index (χ0) is 20.9. The molecule has 2 atom stereocenters. The van der Waals surface area contributed by atoms with Gasteiger partial charge in [0.1, 0.15) is 30.0 Å². The Bertz CT molecular complexity index is 929. The number of nitrogens with two attached hydrogens (primary N) is 1. The number of phenolic OH excluding ortho intramolecular Hbond substituents is 1. The molecule has 30 heavy (non-hydrogen) atoms. The summed E-state index contributed by atoms with van der Waals surface area (Å²) in [6.45, 7) is 2.95. The fraction of sp³-hybridized carbons (Fsp3) is 0.478. The SMILES string of the molecule is N#Cc1c(C2CCCNC2)cc(-c2c(O)cccc2OCC2CCCCO2)nc1N. The quantitative estimate of drug-likeness (QED) is 0.695. The van der Waals surface area contributed by atoms with Crippen molar-refractivity contribution in [2.45, 2.75) is 44.1 Å². The molecule has 1 aromatic heterocycles. The van der Waals surface area contributed by atoms with Crippen molar-refractivity contribution in [2.24, 2.45) is 0 Å². The number of phenols is 1. The predicted molar refractivity (Wildman–Crippen MR) is 114 cm³/mol. The topological polar surface area (TPSA) is 113 Å². The largest absolute Gasteiger partial charge is 0.507 e. The van der Waals surface area contributed by atoms with E-state index in [1.165, 1.54) is 0 Å². The van der Waals surface area contributed by atoms with Crippen molar-refractivity contribution >= 4 is 5.82 Å². The van der Waals surface area contributed by atoms with Gasteiger partial charge in [-0.15, -0.1) is 0 Å². The van der Waals surface area contributed by atoms with Crippen LogP contribution >= 0.6 is 0 Å². The first-order chi connectivity index (χ1) is 14.7. The lowest BCUT2D eigenvalue weighted by Crippen LogP contribution is -2.29. The minimum atomic E-state index is 0.0526. The number of piperidine rings is 1. The lowest BCUT2D eigenvalue weighted by molar-refractivity contribution is -0.0109. The molecule has 7 nitrogen and oxygen atoms in total. The molecular weight excluding hydrogens is 380 g/mol. The Labute approximate surface area is 176 Å². The molecule has 2 aliphatic heterocycles. The summed E-state index contributed by atoms with van der Waals surface area (Å²) in [6, 6.07) is 9.26. The molecule has 158 valence electrons. The van der Waals surface area contributed by atoms with Gasteiger partial charge in [0, 0.05) is 13.2 Å². The first kappa shape index (κ1) is 20.5. The number of aromatic nitrogens is 1. The van der Waals surface area contributed by atoms with Gasteiger partial charge >= 0.3 is 0 Å². The van der Waals surface area contributed by atoms with E-state index < -0.39 is 0 Å². The molecule has 0 bridgehead atoms. The molecule has 4 rings (SSSR count). The number of nitrogens with zero attached hydrogens (tertiary/aromatic N) is 2. The third kappa shape index (κ3) is 4.35. The average molecular weight is 409 g/mol. The van der Waals surface area contributed by atoms with Crippen molar-refractivity contribution in [1.29, 1.82) is 5.26 Å². The second kappa shape index (κ2) is 9.33. The molecule has 2 aliphatic rings. The van der Waals surface area contributed by atoms with Crippen LogP contribution in [-0.2, 0) is 4.74 Å². The number of nitriles is 1. The van der Waals surface area contributed by atoms with Gasteiger partial charge in [-0.1, -0.05) is 6.07 Å². The maximum Gasteiger partial charge on any atom is 0.142 e. The van der Waals surface area contributed by atoms with Crippen LogP contribution in [0.5, 0.6) is 11.5 Å². The second-order valence-electron chi connectivity index (χ2n) is 7.96. The monoisotopic (exact) mass is 408 g/mol. The zero-order valence-electron chi connectivity index (χ0n) is 17.1. The van der Waals surface area contributed by atoms with Crippen LogP contribution in [0.3, 0.4) is 0 Å². The third-order valence-electron chi connectivity index (χ3n) is 5.89. The lowest BCUT2D eigenvalue weighted by atomic mass is 9.88. The molecule has 2 aromatic rings. The van der Waals surface area contributed by atoms with E-state index in [4.69, 9.17) is 15.2 Å². The molecule has 4 N–H and O–H groups in total. The highest BCUT2D eigenvalue weighted by atomic mass is 16.5. The number of nitrogens with one attached hydrogen (secondary N) is 1. The van der Waals surface area contributed by atoms with E-state index in [2.05, 4.69) is 16.4 Å². The number of hydrogen-bond donors (Lipinski definition) is 3. The summed E-state index contributed by atoms with van der Waals surface area (Å²) in [5.74, 6) is 0.971. The van der Waals surface area contributed by atoms with Crippen molar-refractivity contribution in [3.8, 4) is 28.8 Å². The minimum absolute atomic E-state index is 0.0526. The van der Waals surface area contributed by atoms with Crippen molar-refractivity contribution in [1.82, 2.24) is 10.3 Å². The summed E-state index contributed by atoms with van der Waals surface area (Å²) in [6.07, 6.45) is 5.26. The molecule has 7 heteroatoms. The van der Waals surface area contributed by atoms with E-state index in [1.54, 1.807) is 12.1 Å². The van der Waals surface area contributed by atoms with Crippen LogP contribution < -0.4 is 15.8 Å². The van der Waals surface area contributed by atoms with Gasteiger partial charge in [-0.3, -0.25) is 0 Å². The van der Waals surface area contributed by atoms with E-state index in [-0.39, 0.29) is 23.6 Å². The van der Waals surface area contributed by atoms with Crippen molar-refractivity contribution in [3.63, 3.8) is 0 Å². The van der Waals surface area contributed by atoms with Gasteiger partial charge in [-0.25, -0.2) is 4.98 Å². The molecule has 0 amide bonds. The number of hydrogen-bond acceptors (Lipinski definition) is 7. The molecule has 2 unspecified atom stereocenters. The second-order valence-corrected chi connectivity index (χ2v) is 7.96. The molecule has 2 saturated heterocycles. The summed E-state index contributed by atoms with van der Waals surface area (Å²) in [5, 5.41) is 23.7. The molecule has 2 fully saturated rings. The Hall–Kier alpha value is -2.82. The van der Waals surface area contributed by atoms with Crippen LogP contribution in [0.2, 0.25) is 0 Å². The van der Waals surface area contributed by atoms with Gasteiger partial charge < -0.3 is 25.6 Å². The van der Waals surface area contributed by atoms with Crippen molar-refractivity contribution in [2.75, 3.05) is 32.0 Å². The van der Waals surface area contributed by atoms with Crippen LogP contribution in [0.25, 0.3) is 11.3 Å². The smallest absolute Gasteiger partial charge is 0.142 e. The van der Waals surface area contributed by atoms with Gasteiger partial charge in [0.15, 0.2) is 0 Å². The van der Waals surface area contributed by atoms with E-state index in [0.29, 0.717) is 29.2 Å². The van der Waals surface area contributed by atoms with Gasteiger partial charge in [0.2, 0.25) is 0 Å². The van der Waals surface area contributed by atoms with Crippen LogP contribution in [0.4, 0.5) is 5.82 Å². The van der Waals surface area contributed by atoms with Gasteiger partial charge in [0.25, 0.3) is 0 Å². The maximum atomic E-state index is 10.6. The maximum absolute atomic E-state index is 10.6. The van der Waals surface area contributed by atoms with Crippen molar-refractivity contribution in [3.05, 3.63) is 35.4 Å². The summed E-state index contributed by atoms with van der Waals surface area (Å²) in [4.78, 5) is 4.45. The van der Waals surface area contributed by atoms with Crippen LogP contribution in [-0.4, -0.2) is 42.5 Å². The van der Waals surface area contributed by atoms with Crippen LogP contribution in [0, 0.1) is 11.3 Å². The van der Waals surface area contributed by atoms with E-state index in [1.807, 2.05) is 12.1 Å². The number of benzene rings is 1. The molecular formula is C23H28N4O3. The first-order valence-corrected chi connectivity index (χ1v) is 10.7. The highest BCUT2D eigenvalue weighted by Crippen LogP contribution is 2.40. The normalized spacial score (nSPS) is 21.7. The molecule has 1 aromatic carbocycles. The highest BCUT2D eigenvalue weighted by Gasteiger charge is 2.24. The number of pyridine rings is 1. The first-order valence-electron chi connectivity index (χ1n) is 10.7. The van der Waals surface area contributed by atoms with Gasteiger partial charge in [-0.2, -0.15) is 5.26 Å². The summed E-state index contributed by atoms with van der Waals surface area (Å²) < 4.78 is 11.8. The molecule has 0 saturated carbocycles. The third-order valence-corrected chi connectivity index (χ3v) is 5.89. The fourth-order valence-corrected chi connectivity index (χ4v) is 4.29. The number of ether oxygens (including phenoxy) is 2. The predicted octanol–water partition coefficient (Wildman–Crippen LogP) is 3.32. The highest BCUT2D eigenvalue weighted by molar-refractivity contribution is 5.76. The number of rotatable bonds is 5. The molecule has 0 aliphatic carbocycles. The minimum Gasteiger partial charge on any atom is -0.507 e. The molecule has 3 heterocycles. The van der Waals surface area contributed by atoms with Gasteiger partial charge in [0.05, 0.1) is 22.9 Å².